The maximum Gasteiger partial charge on any atom is 0.301 e. The van der Waals surface area contributed by atoms with Crippen molar-refractivity contribution in [2.24, 2.45) is 5.10 Å². The minimum Gasteiger partial charge on any atom is -0.507 e. The second-order valence-electron chi connectivity index (χ2n) is 8.49. The number of aromatic hydroxyl groups is 1. The summed E-state index contributed by atoms with van der Waals surface area (Å²) in [4.78, 5) is 21.0. The Hall–Kier alpha value is -3.49. The van der Waals surface area contributed by atoms with Crippen LogP contribution in [-0.4, -0.2) is 20.7 Å². The number of nitrogens with one attached hydrogen (secondary N) is 1. The van der Waals surface area contributed by atoms with E-state index in [2.05, 4.69) is 17.5 Å². The van der Waals surface area contributed by atoms with E-state index in [0.29, 0.717) is 17.7 Å². The van der Waals surface area contributed by atoms with Crippen LogP contribution in [0.3, 0.4) is 0 Å². The maximum atomic E-state index is 11.4. The van der Waals surface area contributed by atoms with Crippen molar-refractivity contribution in [1.82, 2.24) is 0 Å². The van der Waals surface area contributed by atoms with Crippen molar-refractivity contribution in [2.45, 2.75) is 78.1 Å². The summed E-state index contributed by atoms with van der Waals surface area (Å²) in [5.74, 6) is 0.0836. The van der Waals surface area contributed by atoms with E-state index >= 15 is 0 Å². The van der Waals surface area contributed by atoms with Gasteiger partial charge in [0.1, 0.15) is 11.4 Å². The van der Waals surface area contributed by atoms with Gasteiger partial charge in [-0.2, -0.15) is 5.10 Å². The second-order valence-corrected chi connectivity index (χ2v) is 8.49. The number of hydrogen-bond donors (Lipinski definition) is 2. The van der Waals surface area contributed by atoms with Gasteiger partial charge in [-0.25, -0.2) is 0 Å². The lowest BCUT2D eigenvalue weighted by Gasteiger charge is -2.11. The second kappa shape index (κ2) is 13.9. The Kier molecular flexibility index (Phi) is 11.0. The molecule has 0 aromatic heterocycles. The molecular formula is C25H34N4O5. The van der Waals surface area contributed by atoms with Gasteiger partial charge < -0.3 is 5.11 Å². The highest BCUT2D eigenvalue weighted by Gasteiger charge is 2.20. The van der Waals surface area contributed by atoms with E-state index in [-0.39, 0.29) is 17.1 Å². The number of anilines is 1. The molecule has 0 heterocycles. The van der Waals surface area contributed by atoms with Crippen LogP contribution < -0.4 is 5.43 Å². The third-order valence-corrected chi connectivity index (χ3v) is 5.68. The number of nitro benzene ring substituents is 2. The summed E-state index contributed by atoms with van der Waals surface area (Å²) in [7, 11) is 0. The lowest BCUT2D eigenvalue weighted by atomic mass is 10.00. The summed E-state index contributed by atoms with van der Waals surface area (Å²) in [6, 6.07) is 8.59. The molecule has 0 unspecified atom stereocenters. The quantitative estimate of drug-likeness (QED) is 0.122. The minimum absolute atomic E-state index is 0.0484. The average molecular weight is 471 g/mol. The molecule has 0 radical (unpaired) electrons. The molecule has 2 aromatic rings. The van der Waals surface area contributed by atoms with Crippen molar-refractivity contribution in [3.05, 3.63) is 67.8 Å². The standard InChI is InChI=1S/C25H34N4O5/c1-3-4-5-6-7-8-9-10-11-12-22(21-17-19(2)13-16-25(21)30)26-27-23-15-14-20(28(31)32)18-24(23)29(33)34/h13-18,27,30H,3-12H2,1-2H3. The molecule has 0 aliphatic carbocycles. The summed E-state index contributed by atoms with van der Waals surface area (Å²) in [5, 5.41) is 37.2. The molecule has 0 saturated heterocycles. The van der Waals surface area contributed by atoms with Crippen molar-refractivity contribution in [2.75, 3.05) is 5.43 Å². The van der Waals surface area contributed by atoms with Gasteiger partial charge in [-0.15, -0.1) is 0 Å². The van der Waals surface area contributed by atoms with E-state index in [1.54, 1.807) is 12.1 Å². The highest BCUT2D eigenvalue weighted by molar-refractivity contribution is 6.03. The molecule has 9 nitrogen and oxygen atoms in total. The van der Waals surface area contributed by atoms with Gasteiger partial charge in [-0.1, -0.05) is 69.9 Å². The number of phenolic OH excluding ortho intramolecular Hbond substituents is 1. The molecule has 0 bridgehead atoms. The van der Waals surface area contributed by atoms with Crippen LogP contribution >= 0.6 is 0 Å². The highest BCUT2D eigenvalue weighted by Crippen LogP contribution is 2.29. The summed E-state index contributed by atoms with van der Waals surface area (Å²) >= 11 is 0. The molecule has 34 heavy (non-hydrogen) atoms. The van der Waals surface area contributed by atoms with Gasteiger partial charge in [-0.05, 0) is 38.0 Å². The molecule has 0 fully saturated rings. The number of phenols is 1. The van der Waals surface area contributed by atoms with Crippen molar-refractivity contribution in [3.63, 3.8) is 0 Å². The monoisotopic (exact) mass is 470 g/mol. The number of nitrogens with zero attached hydrogens (tertiary/aromatic N) is 3. The van der Waals surface area contributed by atoms with Gasteiger partial charge in [0.2, 0.25) is 0 Å². The number of aryl methyl sites for hydroxylation is 1. The molecule has 2 aromatic carbocycles. The summed E-state index contributed by atoms with van der Waals surface area (Å²) in [5.41, 5.74) is 4.04. The van der Waals surface area contributed by atoms with E-state index < -0.39 is 15.5 Å². The first-order chi connectivity index (χ1) is 16.3. The molecule has 2 rings (SSSR count). The van der Waals surface area contributed by atoms with Gasteiger partial charge in [0.25, 0.3) is 5.69 Å². The Morgan fingerprint density at radius 1 is 0.912 bits per heavy atom. The zero-order valence-electron chi connectivity index (χ0n) is 20.0. The van der Waals surface area contributed by atoms with Crippen molar-refractivity contribution < 1.29 is 15.0 Å². The Balaban J connectivity index is 2.12. The van der Waals surface area contributed by atoms with Crippen LogP contribution in [0, 0.1) is 27.2 Å². The molecular weight excluding hydrogens is 436 g/mol. The molecule has 9 heteroatoms. The molecule has 0 aliphatic rings. The summed E-state index contributed by atoms with van der Waals surface area (Å²) < 4.78 is 0. The lowest BCUT2D eigenvalue weighted by molar-refractivity contribution is -0.393. The number of nitro groups is 2. The zero-order chi connectivity index (χ0) is 24.9. The van der Waals surface area contributed by atoms with Crippen molar-refractivity contribution in [3.8, 4) is 5.75 Å². The number of non-ortho nitro benzene ring substituents is 1. The topological polar surface area (TPSA) is 131 Å². The van der Waals surface area contributed by atoms with Crippen molar-refractivity contribution >= 4 is 22.8 Å². The number of rotatable bonds is 15. The van der Waals surface area contributed by atoms with Gasteiger partial charge in [0.15, 0.2) is 0 Å². The molecule has 2 N–H and O–H groups in total. The first-order valence-electron chi connectivity index (χ1n) is 11.9. The molecule has 0 spiro atoms. The molecule has 0 aliphatic heterocycles. The van der Waals surface area contributed by atoms with Crippen LogP contribution in [0.25, 0.3) is 0 Å². The van der Waals surface area contributed by atoms with Gasteiger partial charge in [-0.3, -0.25) is 25.7 Å². The molecule has 0 amide bonds. The van der Waals surface area contributed by atoms with E-state index in [0.717, 1.165) is 30.9 Å². The fourth-order valence-corrected chi connectivity index (χ4v) is 3.74. The Morgan fingerprint density at radius 3 is 2.18 bits per heavy atom. The van der Waals surface area contributed by atoms with Crippen LogP contribution in [0.4, 0.5) is 17.1 Å². The van der Waals surface area contributed by atoms with Crippen molar-refractivity contribution in [1.29, 1.82) is 0 Å². The summed E-state index contributed by atoms with van der Waals surface area (Å²) in [6.07, 6.45) is 11.1. The smallest absolute Gasteiger partial charge is 0.301 e. The normalized spacial score (nSPS) is 11.4. The first kappa shape index (κ1) is 26.8. The van der Waals surface area contributed by atoms with Gasteiger partial charge in [0, 0.05) is 11.6 Å². The number of hydrogen-bond acceptors (Lipinski definition) is 7. The molecule has 184 valence electrons. The highest BCUT2D eigenvalue weighted by atomic mass is 16.6. The third-order valence-electron chi connectivity index (χ3n) is 5.68. The van der Waals surface area contributed by atoms with Crippen LogP contribution in [0.2, 0.25) is 0 Å². The number of benzene rings is 2. The van der Waals surface area contributed by atoms with E-state index in [9.17, 15) is 25.3 Å². The third kappa shape index (κ3) is 8.46. The number of hydrazone groups is 1. The Morgan fingerprint density at radius 2 is 1.56 bits per heavy atom. The Bertz CT molecular complexity index is 1010. The van der Waals surface area contributed by atoms with Crippen LogP contribution in [0.1, 0.15) is 82.3 Å². The van der Waals surface area contributed by atoms with E-state index in [4.69, 9.17) is 0 Å². The van der Waals surface area contributed by atoms with E-state index in [1.165, 1.54) is 50.7 Å². The maximum absolute atomic E-state index is 11.4. The Labute approximate surface area is 200 Å². The lowest BCUT2D eigenvalue weighted by Crippen LogP contribution is -2.07. The fraction of sp³-hybridized carbons (Fsp3) is 0.480. The van der Waals surface area contributed by atoms with Gasteiger partial charge in [0.05, 0.1) is 21.6 Å². The SMILES string of the molecule is CCCCCCCCCCCC(=NNc1ccc([N+](=O)[O-])cc1[N+](=O)[O-])c1cc(C)ccc1O. The molecule has 0 saturated carbocycles. The van der Waals surface area contributed by atoms with Gasteiger partial charge >= 0.3 is 5.69 Å². The van der Waals surface area contributed by atoms with E-state index in [1.807, 2.05) is 13.0 Å². The minimum atomic E-state index is -0.685. The largest absolute Gasteiger partial charge is 0.507 e. The van der Waals surface area contributed by atoms with Crippen LogP contribution in [0.5, 0.6) is 5.75 Å². The predicted octanol–water partition coefficient (Wildman–Crippen LogP) is 7.25. The first-order valence-corrected chi connectivity index (χ1v) is 11.9. The molecule has 0 atom stereocenters. The van der Waals surface area contributed by atoms with Crippen LogP contribution in [0.15, 0.2) is 41.5 Å². The number of unbranched alkanes of at least 4 members (excludes halogenated alkanes) is 8. The zero-order valence-corrected chi connectivity index (χ0v) is 20.0. The summed E-state index contributed by atoms with van der Waals surface area (Å²) in [6.45, 7) is 4.12. The predicted molar refractivity (Wildman–Crippen MR) is 135 cm³/mol. The van der Waals surface area contributed by atoms with Crippen LogP contribution in [-0.2, 0) is 0 Å². The average Bonchev–Trinajstić information content (AvgIpc) is 2.81. The fourth-order valence-electron chi connectivity index (χ4n) is 3.74.